The van der Waals surface area contributed by atoms with Gasteiger partial charge in [0.25, 0.3) is 11.6 Å². The molecule has 0 heterocycles. The minimum absolute atomic E-state index is 0.00764. The van der Waals surface area contributed by atoms with E-state index in [0.717, 1.165) is 5.69 Å². The Morgan fingerprint density at radius 3 is 2.45 bits per heavy atom. The van der Waals surface area contributed by atoms with Gasteiger partial charge >= 0.3 is 0 Å². The minimum atomic E-state index is -0.474. The molecular formula is C15H14N4O3. The predicted molar refractivity (Wildman–Crippen MR) is 83.8 cm³/mol. The second-order valence-electron chi connectivity index (χ2n) is 4.36. The first-order valence-electron chi connectivity index (χ1n) is 6.50. The van der Waals surface area contributed by atoms with E-state index in [2.05, 4.69) is 15.8 Å². The third-order valence-corrected chi connectivity index (χ3v) is 2.73. The van der Waals surface area contributed by atoms with Gasteiger partial charge in [-0.15, -0.1) is 0 Å². The number of hydrazone groups is 1. The second kappa shape index (κ2) is 7.53. The smallest absolute Gasteiger partial charge is 0.269 e. The summed E-state index contributed by atoms with van der Waals surface area (Å²) in [4.78, 5) is 21.6. The molecule has 0 bridgehead atoms. The summed E-state index contributed by atoms with van der Waals surface area (Å²) in [6, 6.07) is 15.2. The minimum Gasteiger partial charge on any atom is -0.376 e. The van der Waals surface area contributed by atoms with E-state index in [1.165, 1.54) is 18.3 Å². The van der Waals surface area contributed by atoms with E-state index in [4.69, 9.17) is 0 Å². The predicted octanol–water partition coefficient (Wildman–Crippen LogP) is 2.16. The molecule has 0 atom stereocenters. The average molecular weight is 298 g/mol. The fourth-order valence-corrected chi connectivity index (χ4v) is 1.64. The van der Waals surface area contributed by atoms with Crippen molar-refractivity contribution in [2.75, 3.05) is 11.9 Å². The molecular weight excluding hydrogens is 284 g/mol. The molecule has 0 aliphatic carbocycles. The summed E-state index contributed by atoms with van der Waals surface area (Å²) in [6.07, 6.45) is 1.42. The molecule has 2 aromatic carbocycles. The van der Waals surface area contributed by atoms with Crippen LogP contribution in [0.3, 0.4) is 0 Å². The Balaban J connectivity index is 1.79. The van der Waals surface area contributed by atoms with Crippen molar-refractivity contribution in [2.24, 2.45) is 5.10 Å². The zero-order valence-corrected chi connectivity index (χ0v) is 11.6. The summed E-state index contributed by atoms with van der Waals surface area (Å²) < 4.78 is 0. The van der Waals surface area contributed by atoms with Crippen LogP contribution in [0.2, 0.25) is 0 Å². The number of amides is 1. The number of carbonyl (C=O) groups is 1. The molecule has 0 spiro atoms. The monoisotopic (exact) mass is 298 g/mol. The Hall–Kier alpha value is -3.22. The van der Waals surface area contributed by atoms with E-state index in [1.54, 1.807) is 12.1 Å². The Kier molecular flexibility index (Phi) is 5.20. The number of nitro groups is 1. The van der Waals surface area contributed by atoms with E-state index in [1.807, 2.05) is 30.3 Å². The van der Waals surface area contributed by atoms with Crippen LogP contribution in [0.15, 0.2) is 59.7 Å². The standard InChI is InChI=1S/C15H14N4O3/c20-15(11-16-13-4-2-1-3-5-13)18-17-10-12-6-8-14(9-7-12)19(21)22/h1-10,16H,11H2,(H,18,20)/b17-10-. The van der Waals surface area contributed by atoms with Gasteiger partial charge in [0.2, 0.25) is 0 Å². The highest BCUT2D eigenvalue weighted by Gasteiger charge is 2.02. The van der Waals surface area contributed by atoms with Crippen molar-refractivity contribution >= 4 is 23.5 Å². The zero-order chi connectivity index (χ0) is 15.8. The van der Waals surface area contributed by atoms with E-state index >= 15 is 0 Å². The SMILES string of the molecule is O=C(CNc1ccccc1)N/N=C\c1ccc([N+](=O)[O-])cc1. The molecule has 0 aromatic heterocycles. The van der Waals surface area contributed by atoms with Gasteiger partial charge in [0.15, 0.2) is 0 Å². The number of carbonyl (C=O) groups excluding carboxylic acids is 1. The van der Waals surface area contributed by atoms with Crippen LogP contribution < -0.4 is 10.7 Å². The molecule has 0 saturated heterocycles. The van der Waals surface area contributed by atoms with Gasteiger partial charge in [-0.3, -0.25) is 14.9 Å². The summed E-state index contributed by atoms with van der Waals surface area (Å²) in [5, 5.41) is 17.3. The number of benzene rings is 2. The number of hydrogen-bond donors (Lipinski definition) is 2. The fraction of sp³-hybridized carbons (Fsp3) is 0.0667. The van der Waals surface area contributed by atoms with Crippen LogP contribution >= 0.6 is 0 Å². The third-order valence-electron chi connectivity index (χ3n) is 2.73. The molecule has 0 aliphatic rings. The number of non-ortho nitro benzene ring substituents is 1. The van der Waals surface area contributed by atoms with Crippen LogP contribution in [-0.4, -0.2) is 23.6 Å². The van der Waals surface area contributed by atoms with Crippen molar-refractivity contribution in [3.63, 3.8) is 0 Å². The molecule has 1 amide bonds. The average Bonchev–Trinajstić information content (AvgIpc) is 2.54. The molecule has 0 fully saturated rings. The second-order valence-corrected chi connectivity index (χ2v) is 4.36. The lowest BCUT2D eigenvalue weighted by Crippen LogP contribution is -2.25. The van der Waals surface area contributed by atoms with Crippen molar-refractivity contribution in [2.45, 2.75) is 0 Å². The van der Waals surface area contributed by atoms with Crippen molar-refractivity contribution in [3.8, 4) is 0 Å². The summed E-state index contributed by atoms with van der Waals surface area (Å²) in [5.74, 6) is -0.290. The molecule has 112 valence electrons. The number of hydrogen-bond acceptors (Lipinski definition) is 5. The summed E-state index contributed by atoms with van der Waals surface area (Å²) in [6.45, 7) is 0.0988. The number of nitrogens with one attached hydrogen (secondary N) is 2. The number of rotatable bonds is 6. The lowest BCUT2D eigenvalue weighted by Gasteiger charge is -2.04. The molecule has 22 heavy (non-hydrogen) atoms. The highest BCUT2D eigenvalue weighted by Crippen LogP contribution is 2.10. The lowest BCUT2D eigenvalue weighted by molar-refractivity contribution is -0.384. The number of nitro benzene ring substituents is 1. The molecule has 2 N–H and O–H groups in total. The quantitative estimate of drug-likeness (QED) is 0.485. The van der Waals surface area contributed by atoms with E-state index < -0.39 is 4.92 Å². The van der Waals surface area contributed by atoms with Gasteiger partial charge in [-0.25, -0.2) is 5.43 Å². The topological polar surface area (TPSA) is 96.6 Å². The molecule has 7 nitrogen and oxygen atoms in total. The van der Waals surface area contributed by atoms with E-state index in [0.29, 0.717) is 5.56 Å². The summed E-state index contributed by atoms with van der Waals surface area (Å²) in [5.41, 5.74) is 3.88. The first-order chi connectivity index (χ1) is 10.6. The van der Waals surface area contributed by atoms with Gasteiger partial charge in [-0.2, -0.15) is 5.10 Å². The van der Waals surface area contributed by atoms with Crippen molar-refractivity contribution in [3.05, 3.63) is 70.3 Å². The molecule has 0 radical (unpaired) electrons. The van der Waals surface area contributed by atoms with Gasteiger partial charge in [0, 0.05) is 17.8 Å². The molecule has 0 saturated carbocycles. The number of nitrogens with zero attached hydrogens (tertiary/aromatic N) is 2. The van der Waals surface area contributed by atoms with Gasteiger partial charge in [0.05, 0.1) is 17.7 Å². The molecule has 0 aliphatic heterocycles. The Bertz CT molecular complexity index is 669. The number of anilines is 1. The van der Waals surface area contributed by atoms with Gasteiger partial charge in [-0.1, -0.05) is 18.2 Å². The first-order valence-corrected chi connectivity index (χ1v) is 6.50. The highest BCUT2D eigenvalue weighted by atomic mass is 16.6. The van der Waals surface area contributed by atoms with Crippen molar-refractivity contribution in [1.29, 1.82) is 0 Å². The maximum Gasteiger partial charge on any atom is 0.269 e. The molecule has 2 rings (SSSR count). The first kappa shape index (κ1) is 15.2. The van der Waals surface area contributed by atoms with Crippen LogP contribution in [0.5, 0.6) is 0 Å². The van der Waals surface area contributed by atoms with Crippen LogP contribution in [-0.2, 0) is 4.79 Å². The Morgan fingerprint density at radius 2 is 1.82 bits per heavy atom. The fourth-order valence-electron chi connectivity index (χ4n) is 1.64. The zero-order valence-electron chi connectivity index (χ0n) is 11.6. The van der Waals surface area contributed by atoms with Gasteiger partial charge in [0.1, 0.15) is 0 Å². The third kappa shape index (κ3) is 4.71. The Labute approximate surface area is 126 Å². The van der Waals surface area contributed by atoms with Gasteiger partial charge < -0.3 is 5.32 Å². The van der Waals surface area contributed by atoms with E-state index in [9.17, 15) is 14.9 Å². The highest BCUT2D eigenvalue weighted by molar-refractivity contribution is 5.84. The maximum atomic E-state index is 11.6. The maximum absolute atomic E-state index is 11.6. The summed E-state index contributed by atoms with van der Waals surface area (Å²) >= 11 is 0. The lowest BCUT2D eigenvalue weighted by atomic mass is 10.2. The van der Waals surface area contributed by atoms with Crippen molar-refractivity contribution in [1.82, 2.24) is 5.43 Å². The van der Waals surface area contributed by atoms with Crippen LogP contribution in [0.25, 0.3) is 0 Å². The largest absolute Gasteiger partial charge is 0.376 e. The van der Waals surface area contributed by atoms with Crippen LogP contribution in [0.4, 0.5) is 11.4 Å². The summed E-state index contributed by atoms with van der Waals surface area (Å²) in [7, 11) is 0. The Morgan fingerprint density at radius 1 is 1.14 bits per heavy atom. The van der Waals surface area contributed by atoms with Crippen LogP contribution in [0.1, 0.15) is 5.56 Å². The number of para-hydroxylation sites is 1. The van der Waals surface area contributed by atoms with Gasteiger partial charge in [-0.05, 0) is 29.8 Å². The molecule has 7 heteroatoms. The normalized spacial score (nSPS) is 10.4. The molecule has 2 aromatic rings. The van der Waals surface area contributed by atoms with E-state index in [-0.39, 0.29) is 18.1 Å². The van der Waals surface area contributed by atoms with Crippen molar-refractivity contribution < 1.29 is 9.72 Å². The van der Waals surface area contributed by atoms with Crippen LogP contribution in [0, 0.1) is 10.1 Å². The molecule has 0 unspecified atom stereocenters.